The molecule has 6 rings (SSSR count). The lowest BCUT2D eigenvalue weighted by molar-refractivity contribution is 0.589. The highest BCUT2D eigenvalue weighted by Crippen LogP contribution is 2.39. The van der Waals surface area contributed by atoms with E-state index in [-0.39, 0.29) is 31.5 Å². The Hall–Kier alpha value is -5.13. The van der Waals surface area contributed by atoms with Crippen LogP contribution in [-0.2, 0) is 38.0 Å². The highest BCUT2D eigenvalue weighted by molar-refractivity contribution is 7.91. The van der Waals surface area contributed by atoms with Gasteiger partial charge in [-0.15, -0.1) is 0 Å². The maximum Gasteiger partial charge on any atom is 0.206 e. The highest BCUT2D eigenvalue weighted by atomic mass is 32.2. The van der Waals surface area contributed by atoms with Crippen molar-refractivity contribution in [1.82, 2.24) is 0 Å². The van der Waals surface area contributed by atoms with Crippen molar-refractivity contribution in [1.29, 1.82) is 0 Å². The van der Waals surface area contributed by atoms with Crippen molar-refractivity contribution < 1.29 is 8.42 Å². The van der Waals surface area contributed by atoms with E-state index in [9.17, 15) is 8.42 Å². The summed E-state index contributed by atoms with van der Waals surface area (Å²) in [5.41, 5.74) is 11.2. The number of hydrogen-bond donors (Lipinski definition) is 0. The zero-order valence-electron chi connectivity index (χ0n) is 36.7. The van der Waals surface area contributed by atoms with Crippen LogP contribution < -0.4 is 9.80 Å². The third-order valence-corrected chi connectivity index (χ3v) is 12.8. The molecule has 0 bridgehead atoms. The summed E-state index contributed by atoms with van der Waals surface area (Å²) in [7, 11) is -3.80. The van der Waals surface area contributed by atoms with Gasteiger partial charge in [0.2, 0.25) is 9.84 Å². The molecule has 0 aliphatic carbocycles. The number of benzene rings is 6. The van der Waals surface area contributed by atoms with Crippen LogP contribution in [0.25, 0.3) is 0 Å². The summed E-state index contributed by atoms with van der Waals surface area (Å²) >= 11 is 0. The van der Waals surface area contributed by atoms with Gasteiger partial charge in [0.15, 0.2) is 0 Å². The van der Waals surface area contributed by atoms with Gasteiger partial charge >= 0.3 is 0 Å². The molecule has 0 heterocycles. The molecule has 0 unspecified atom stereocenters. The SMILES string of the molecule is CC(C)(C)c1ccc(CN(c2ccc(C(C)(C)C)cc2)c2ccc(S(=O)(=O)c3ccc(N(c4ccc(C(C)(C)C)cc4)c4ccc(C(C)(C)C)cc4)cc3)cc2)cc1. The van der Waals surface area contributed by atoms with Crippen LogP contribution in [0.1, 0.15) is 111 Å². The molecule has 0 saturated carbocycles. The van der Waals surface area contributed by atoms with E-state index in [0.717, 1.165) is 28.4 Å². The molecule has 0 aliphatic heterocycles. The van der Waals surface area contributed by atoms with E-state index >= 15 is 0 Å². The van der Waals surface area contributed by atoms with Crippen molar-refractivity contribution in [3.63, 3.8) is 0 Å². The number of rotatable bonds is 9. The van der Waals surface area contributed by atoms with Gasteiger partial charge < -0.3 is 9.80 Å². The lowest BCUT2D eigenvalue weighted by atomic mass is 9.86. The fraction of sp³-hybridized carbons (Fsp3) is 0.321. The number of hydrogen-bond acceptors (Lipinski definition) is 4. The largest absolute Gasteiger partial charge is 0.337 e. The van der Waals surface area contributed by atoms with E-state index in [2.05, 4.69) is 190 Å². The maximum atomic E-state index is 14.2. The molecular weight excluding hydrogens is 729 g/mol. The van der Waals surface area contributed by atoms with Crippen LogP contribution in [0.3, 0.4) is 0 Å². The minimum absolute atomic E-state index is 0.0281. The van der Waals surface area contributed by atoms with Gasteiger partial charge in [-0.05, 0) is 134 Å². The lowest BCUT2D eigenvalue weighted by Crippen LogP contribution is -2.18. The quantitative estimate of drug-likeness (QED) is 0.146. The van der Waals surface area contributed by atoms with E-state index < -0.39 is 9.84 Å². The molecule has 302 valence electrons. The molecule has 0 aromatic heterocycles. The zero-order chi connectivity index (χ0) is 42.3. The van der Waals surface area contributed by atoms with Crippen LogP contribution in [0.15, 0.2) is 155 Å². The first-order chi connectivity index (χ1) is 27.0. The molecule has 5 heteroatoms. The van der Waals surface area contributed by atoms with Gasteiger partial charge in [0.25, 0.3) is 0 Å². The first-order valence-corrected chi connectivity index (χ1v) is 21.9. The normalized spacial score (nSPS) is 12.7. The Bertz CT molecular complexity index is 2350. The van der Waals surface area contributed by atoms with E-state index in [1.165, 1.54) is 27.8 Å². The number of anilines is 5. The summed E-state index contributed by atoms with van der Waals surface area (Å²) in [6.45, 7) is 27.3. The molecular formula is C53H62N2O2S. The zero-order valence-corrected chi connectivity index (χ0v) is 37.5. The first kappa shape index (κ1) is 42.5. The van der Waals surface area contributed by atoms with Crippen molar-refractivity contribution in [3.05, 3.63) is 173 Å². The summed E-state index contributed by atoms with van der Waals surface area (Å²) in [5, 5.41) is 0. The Labute approximate surface area is 349 Å². The molecule has 58 heavy (non-hydrogen) atoms. The van der Waals surface area contributed by atoms with E-state index in [1.807, 2.05) is 24.3 Å². The van der Waals surface area contributed by atoms with Gasteiger partial charge in [-0.2, -0.15) is 0 Å². The standard InChI is InChI=1S/C53H62N2O2S/c1-50(2,3)39-15-13-38(14-16-39)37-54(43-23-17-40(18-24-43)51(4,5)6)44-29-33-48(34-30-44)58(56,57)49-35-31-47(32-36-49)55(45-25-19-41(20-26-45)52(7,8)9)46-27-21-42(22-28-46)53(10,11)12/h13-36H,37H2,1-12H3. The average molecular weight is 791 g/mol. The van der Waals surface area contributed by atoms with Gasteiger partial charge in [-0.1, -0.05) is 144 Å². The van der Waals surface area contributed by atoms with Crippen LogP contribution in [0.2, 0.25) is 0 Å². The van der Waals surface area contributed by atoms with Crippen LogP contribution in [0, 0.1) is 0 Å². The topological polar surface area (TPSA) is 40.6 Å². The van der Waals surface area contributed by atoms with Crippen molar-refractivity contribution in [2.75, 3.05) is 9.80 Å². The van der Waals surface area contributed by atoms with Gasteiger partial charge in [-0.25, -0.2) is 8.42 Å². The Kier molecular flexibility index (Phi) is 11.6. The Morgan fingerprint density at radius 2 is 0.586 bits per heavy atom. The molecule has 0 aliphatic rings. The van der Waals surface area contributed by atoms with Crippen LogP contribution in [0.4, 0.5) is 28.4 Å². The van der Waals surface area contributed by atoms with E-state index in [1.54, 1.807) is 24.3 Å². The second-order valence-electron chi connectivity index (χ2n) is 19.8. The average Bonchev–Trinajstić information content (AvgIpc) is 3.17. The summed E-state index contributed by atoms with van der Waals surface area (Å²) in [4.78, 5) is 4.95. The highest BCUT2D eigenvalue weighted by Gasteiger charge is 2.23. The third-order valence-electron chi connectivity index (χ3n) is 11.1. The van der Waals surface area contributed by atoms with Crippen molar-refractivity contribution in [3.8, 4) is 0 Å². The monoisotopic (exact) mass is 790 g/mol. The summed E-state index contributed by atoms with van der Waals surface area (Å²) in [6, 6.07) is 49.4. The van der Waals surface area contributed by atoms with Gasteiger partial charge in [0, 0.05) is 35.0 Å². The third kappa shape index (κ3) is 9.59. The van der Waals surface area contributed by atoms with Crippen molar-refractivity contribution >= 4 is 38.3 Å². The Balaban J connectivity index is 1.31. The smallest absolute Gasteiger partial charge is 0.206 e. The minimum atomic E-state index is -3.80. The molecule has 0 radical (unpaired) electrons. The second-order valence-corrected chi connectivity index (χ2v) is 21.7. The minimum Gasteiger partial charge on any atom is -0.337 e. The molecule has 6 aromatic carbocycles. The van der Waals surface area contributed by atoms with Crippen molar-refractivity contribution in [2.45, 2.75) is 121 Å². The lowest BCUT2D eigenvalue weighted by Gasteiger charge is -2.28. The van der Waals surface area contributed by atoms with E-state index in [0.29, 0.717) is 6.54 Å². The van der Waals surface area contributed by atoms with Crippen molar-refractivity contribution in [2.24, 2.45) is 0 Å². The summed E-state index contributed by atoms with van der Waals surface area (Å²) in [5.74, 6) is 0. The molecule has 0 spiro atoms. The summed E-state index contributed by atoms with van der Waals surface area (Å²) in [6.07, 6.45) is 0. The molecule has 4 nitrogen and oxygen atoms in total. The molecule has 6 aromatic rings. The summed E-state index contributed by atoms with van der Waals surface area (Å²) < 4.78 is 28.4. The molecule has 0 fully saturated rings. The molecule has 0 amide bonds. The number of nitrogens with zero attached hydrogens (tertiary/aromatic N) is 2. The van der Waals surface area contributed by atoms with Gasteiger partial charge in [-0.3, -0.25) is 0 Å². The van der Waals surface area contributed by atoms with E-state index in [4.69, 9.17) is 0 Å². The maximum absolute atomic E-state index is 14.2. The number of sulfone groups is 1. The first-order valence-electron chi connectivity index (χ1n) is 20.5. The predicted molar refractivity (Wildman–Crippen MR) is 247 cm³/mol. The van der Waals surface area contributed by atoms with Crippen LogP contribution in [0.5, 0.6) is 0 Å². The van der Waals surface area contributed by atoms with Crippen LogP contribution >= 0.6 is 0 Å². The fourth-order valence-electron chi connectivity index (χ4n) is 7.15. The molecule has 0 N–H and O–H groups in total. The van der Waals surface area contributed by atoms with Gasteiger partial charge in [0.05, 0.1) is 9.79 Å². The fourth-order valence-corrected chi connectivity index (χ4v) is 8.41. The van der Waals surface area contributed by atoms with Crippen LogP contribution in [-0.4, -0.2) is 8.42 Å². The van der Waals surface area contributed by atoms with Gasteiger partial charge in [0.1, 0.15) is 0 Å². The Morgan fingerprint density at radius 1 is 0.345 bits per heavy atom. The second kappa shape index (κ2) is 15.9. The molecule has 0 atom stereocenters. The molecule has 0 saturated heterocycles. The predicted octanol–water partition coefficient (Wildman–Crippen LogP) is 14.5. The Morgan fingerprint density at radius 3 is 0.879 bits per heavy atom.